The second-order valence-electron chi connectivity index (χ2n) is 2.23. The molecule has 62 valence electrons. The molecule has 0 N–H and O–H groups in total. The number of rotatable bonds is 3. The van der Waals surface area contributed by atoms with Gasteiger partial charge in [0.05, 0.1) is 11.6 Å². The molecule has 0 aliphatic rings. The van der Waals surface area contributed by atoms with Crippen molar-refractivity contribution in [2.24, 2.45) is 7.05 Å². The number of aromatic nitrogens is 2. The lowest BCUT2D eigenvalue weighted by Gasteiger charge is -1.95. The molecule has 3 nitrogen and oxygen atoms in total. The lowest BCUT2D eigenvalue weighted by Crippen LogP contribution is -1.95. The van der Waals surface area contributed by atoms with Crippen molar-refractivity contribution in [1.82, 2.24) is 9.78 Å². The average molecular weight is 175 g/mol. The Bertz CT molecular complexity index is 234. The first-order valence-corrected chi connectivity index (χ1v) is 3.87. The van der Waals surface area contributed by atoms with Gasteiger partial charge in [0.2, 0.25) is 0 Å². The zero-order valence-electron chi connectivity index (χ0n) is 6.67. The van der Waals surface area contributed by atoms with Crippen molar-refractivity contribution in [2.75, 3.05) is 6.61 Å². The van der Waals surface area contributed by atoms with E-state index in [1.807, 2.05) is 14.0 Å². The third-order valence-electron chi connectivity index (χ3n) is 1.30. The SMILES string of the molecule is CCOCc1nn(C)cc1Cl. The number of hydrogen-bond donors (Lipinski definition) is 0. The van der Waals surface area contributed by atoms with Crippen LogP contribution in [0.5, 0.6) is 0 Å². The summed E-state index contributed by atoms with van der Waals surface area (Å²) >= 11 is 5.82. The van der Waals surface area contributed by atoms with Crippen LogP contribution in [0.4, 0.5) is 0 Å². The van der Waals surface area contributed by atoms with Crippen molar-refractivity contribution < 1.29 is 4.74 Å². The van der Waals surface area contributed by atoms with Crippen LogP contribution in [0.15, 0.2) is 6.20 Å². The summed E-state index contributed by atoms with van der Waals surface area (Å²) in [5.41, 5.74) is 0.802. The highest BCUT2D eigenvalue weighted by Crippen LogP contribution is 2.13. The summed E-state index contributed by atoms with van der Waals surface area (Å²) in [4.78, 5) is 0. The first kappa shape index (κ1) is 8.56. The highest BCUT2D eigenvalue weighted by molar-refractivity contribution is 6.31. The van der Waals surface area contributed by atoms with Gasteiger partial charge in [-0.05, 0) is 6.92 Å². The number of aryl methyl sites for hydroxylation is 1. The first-order chi connectivity index (χ1) is 5.24. The van der Waals surface area contributed by atoms with E-state index >= 15 is 0 Å². The third-order valence-corrected chi connectivity index (χ3v) is 1.61. The van der Waals surface area contributed by atoms with E-state index in [0.717, 1.165) is 5.69 Å². The van der Waals surface area contributed by atoms with Crippen molar-refractivity contribution in [3.8, 4) is 0 Å². The van der Waals surface area contributed by atoms with E-state index in [1.165, 1.54) is 0 Å². The Morgan fingerprint density at radius 3 is 2.91 bits per heavy atom. The molecule has 0 radical (unpaired) electrons. The molecule has 0 saturated carbocycles. The number of halogens is 1. The molecule has 1 aromatic heterocycles. The summed E-state index contributed by atoms with van der Waals surface area (Å²) in [6, 6.07) is 0. The van der Waals surface area contributed by atoms with Gasteiger partial charge in [-0.25, -0.2) is 0 Å². The van der Waals surface area contributed by atoms with Gasteiger partial charge in [-0.1, -0.05) is 11.6 Å². The maximum absolute atomic E-state index is 5.82. The van der Waals surface area contributed by atoms with Crippen LogP contribution in [0, 0.1) is 0 Å². The normalized spacial score (nSPS) is 10.5. The van der Waals surface area contributed by atoms with E-state index < -0.39 is 0 Å². The Labute approximate surface area is 70.9 Å². The molecule has 0 aromatic carbocycles. The lowest BCUT2D eigenvalue weighted by atomic mass is 10.5. The molecule has 0 bridgehead atoms. The molecule has 0 aliphatic heterocycles. The van der Waals surface area contributed by atoms with Gasteiger partial charge in [0.1, 0.15) is 5.69 Å². The molecule has 1 heterocycles. The van der Waals surface area contributed by atoms with Crippen LogP contribution in [-0.4, -0.2) is 16.4 Å². The zero-order chi connectivity index (χ0) is 8.27. The summed E-state index contributed by atoms with van der Waals surface area (Å²) in [6.07, 6.45) is 1.76. The third kappa shape index (κ3) is 2.20. The quantitative estimate of drug-likeness (QED) is 0.696. The molecule has 1 rings (SSSR count). The Balaban J connectivity index is 2.62. The van der Waals surface area contributed by atoms with Crippen molar-refractivity contribution in [2.45, 2.75) is 13.5 Å². The molecule has 0 spiro atoms. The van der Waals surface area contributed by atoms with Crippen LogP contribution in [0.2, 0.25) is 5.02 Å². The van der Waals surface area contributed by atoms with E-state index in [4.69, 9.17) is 16.3 Å². The van der Waals surface area contributed by atoms with Gasteiger partial charge in [0.25, 0.3) is 0 Å². The van der Waals surface area contributed by atoms with E-state index in [0.29, 0.717) is 18.2 Å². The van der Waals surface area contributed by atoms with Crippen LogP contribution >= 0.6 is 11.6 Å². The van der Waals surface area contributed by atoms with E-state index in [9.17, 15) is 0 Å². The number of ether oxygens (including phenoxy) is 1. The predicted molar refractivity (Wildman–Crippen MR) is 43.5 cm³/mol. The molecule has 0 aliphatic carbocycles. The minimum absolute atomic E-state index is 0.496. The predicted octanol–water partition coefficient (Wildman–Crippen LogP) is 1.61. The number of hydrogen-bond acceptors (Lipinski definition) is 2. The van der Waals surface area contributed by atoms with Gasteiger partial charge in [0.15, 0.2) is 0 Å². The fourth-order valence-corrected chi connectivity index (χ4v) is 1.04. The van der Waals surface area contributed by atoms with Gasteiger partial charge in [0, 0.05) is 19.9 Å². The Morgan fingerprint density at radius 1 is 1.73 bits per heavy atom. The summed E-state index contributed by atoms with van der Waals surface area (Å²) in [5, 5.41) is 4.78. The fourth-order valence-electron chi connectivity index (χ4n) is 0.802. The largest absolute Gasteiger partial charge is 0.375 e. The summed E-state index contributed by atoms with van der Waals surface area (Å²) in [7, 11) is 1.83. The van der Waals surface area contributed by atoms with Crippen molar-refractivity contribution in [3.05, 3.63) is 16.9 Å². The maximum atomic E-state index is 5.82. The molecule has 0 amide bonds. The van der Waals surface area contributed by atoms with Gasteiger partial charge in [-0.15, -0.1) is 0 Å². The monoisotopic (exact) mass is 174 g/mol. The molecular formula is C7H11ClN2O. The summed E-state index contributed by atoms with van der Waals surface area (Å²) < 4.78 is 6.83. The van der Waals surface area contributed by atoms with Crippen LogP contribution < -0.4 is 0 Å². The average Bonchev–Trinajstić information content (AvgIpc) is 2.26. The zero-order valence-corrected chi connectivity index (χ0v) is 7.43. The van der Waals surface area contributed by atoms with E-state index in [1.54, 1.807) is 10.9 Å². The summed E-state index contributed by atoms with van der Waals surface area (Å²) in [5.74, 6) is 0. The second kappa shape index (κ2) is 3.74. The smallest absolute Gasteiger partial charge is 0.107 e. The maximum Gasteiger partial charge on any atom is 0.107 e. The van der Waals surface area contributed by atoms with Crippen molar-refractivity contribution in [3.63, 3.8) is 0 Å². The first-order valence-electron chi connectivity index (χ1n) is 3.49. The Hall–Kier alpha value is -0.540. The van der Waals surface area contributed by atoms with Gasteiger partial charge in [-0.3, -0.25) is 4.68 Å². The molecule has 0 fully saturated rings. The minimum Gasteiger partial charge on any atom is -0.375 e. The van der Waals surface area contributed by atoms with Crippen LogP contribution in [0.3, 0.4) is 0 Å². The lowest BCUT2D eigenvalue weighted by molar-refractivity contribution is 0.131. The van der Waals surface area contributed by atoms with Gasteiger partial charge >= 0.3 is 0 Å². The highest BCUT2D eigenvalue weighted by Gasteiger charge is 2.03. The molecule has 11 heavy (non-hydrogen) atoms. The highest BCUT2D eigenvalue weighted by atomic mass is 35.5. The Kier molecular flexibility index (Phi) is 2.91. The van der Waals surface area contributed by atoms with Crippen molar-refractivity contribution >= 4 is 11.6 Å². The Morgan fingerprint density at radius 2 is 2.45 bits per heavy atom. The van der Waals surface area contributed by atoms with Crippen LogP contribution in [0.1, 0.15) is 12.6 Å². The van der Waals surface area contributed by atoms with Crippen LogP contribution in [0.25, 0.3) is 0 Å². The molecule has 4 heteroatoms. The number of nitrogens with zero attached hydrogens (tertiary/aromatic N) is 2. The molecule has 0 unspecified atom stereocenters. The molecule has 0 saturated heterocycles. The fraction of sp³-hybridized carbons (Fsp3) is 0.571. The minimum atomic E-state index is 0.496. The topological polar surface area (TPSA) is 27.1 Å². The van der Waals surface area contributed by atoms with E-state index in [-0.39, 0.29) is 0 Å². The standard InChI is InChI=1S/C7H11ClN2O/c1-3-11-5-7-6(8)4-10(2)9-7/h4H,3,5H2,1-2H3. The molecular weight excluding hydrogens is 164 g/mol. The summed E-state index contributed by atoms with van der Waals surface area (Å²) in [6.45, 7) is 3.12. The van der Waals surface area contributed by atoms with Gasteiger partial charge in [-0.2, -0.15) is 5.10 Å². The van der Waals surface area contributed by atoms with Crippen molar-refractivity contribution in [1.29, 1.82) is 0 Å². The van der Waals surface area contributed by atoms with Gasteiger partial charge < -0.3 is 4.74 Å². The second-order valence-corrected chi connectivity index (χ2v) is 2.64. The molecule has 0 atom stereocenters. The van der Waals surface area contributed by atoms with Crippen LogP contribution in [-0.2, 0) is 18.4 Å². The van der Waals surface area contributed by atoms with E-state index in [2.05, 4.69) is 5.10 Å². The molecule has 1 aromatic rings.